The third-order valence-corrected chi connectivity index (χ3v) is 3.58. The smallest absolute Gasteiger partial charge is 0.173 e. The maximum absolute atomic E-state index is 3.25. The summed E-state index contributed by atoms with van der Waals surface area (Å²) in [6, 6.07) is 21.3. The summed E-state index contributed by atoms with van der Waals surface area (Å²) >= 11 is -0.216. The van der Waals surface area contributed by atoms with Crippen molar-refractivity contribution in [3.05, 3.63) is 69.8 Å². The van der Waals surface area contributed by atoms with Crippen LogP contribution >= 0.6 is 0 Å². The van der Waals surface area contributed by atoms with Gasteiger partial charge in [0, 0.05) is 5.56 Å². The molecule has 0 radical (unpaired) electrons. The number of hydrogen-bond acceptors (Lipinski definition) is 0. The van der Waals surface area contributed by atoms with Gasteiger partial charge in [-0.1, -0.05) is 18.2 Å². The molecule has 0 saturated heterocycles. The Morgan fingerprint density at radius 3 is 2.47 bits per heavy atom. The molecule has 0 bridgehead atoms. The Kier molecular flexibility index (Phi) is 3.81. The zero-order chi connectivity index (χ0) is 10.3. The molecule has 0 aromatic heterocycles. The lowest BCUT2D eigenvalue weighted by molar-refractivity contribution is -0.535. The van der Waals surface area contributed by atoms with Crippen LogP contribution in [0.2, 0.25) is 0 Å². The first-order chi connectivity index (χ1) is 7.45. The number of rotatable bonds is 1. The second-order valence-corrected chi connectivity index (χ2v) is 5.13. The minimum atomic E-state index is -0.216. The molecule has 15 heavy (non-hydrogen) atoms. The van der Waals surface area contributed by atoms with Crippen LogP contribution in [-0.4, -0.2) is 0 Å². The zero-order valence-corrected chi connectivity index (χ0v) is 10.2. The van der Waals surface area contributed by atoms with Crippen LogP contribution < -0.4 is 21.2 Å². The van der Waals surface area contributed by atoms with Crippen molar-refractivity contribution in [2.24, 2.45) is 0 Å². The molecule has 2 rings (SSSR count). The van der Waals surface area contributed by atoms with Gasteiger partial charge in [0.15, 0.2) is 3.93 Å². The van der Waals surface area contributed by atoms with E-state index in [-0.39, 0.29) is 21.2 Å². The van der Waals surface area contributed by atoms with Gasteiger partial charge in [-0.15, -0.1) is 12.1 Å². The molecule has 0 aliphatic rings. The lowest BCUT2D eigenvalue weighted by Gasteiger charge is -1.86. The quantitative estimate of drug-likeness (QED) is 0.387. The van der Waals surface area contributed by atoms with E-state index in [1.807, 2.05) is 48.5 Å². The third-order valence-electron chi connectivity index (χ3n) is 1.79. The fourth-order valence-electron chi connectivity index (χ4n) is 1.08. The van der Waals surface area contributed by atoms with E-state index in [4.69, 9.17) is 0 Å². The van der Waals surface area contributed by atoms with E-state index in [0.717, 1.165) is 5.56 Å². The van der Waals surface area contributed by atoms with Crippen molar-refractivity contribution < 1.29 is 21.2 Å². The SMILES string of the molecule is C(#Cc1ccccc1)[I+]c1[c-]cccc1. The van der Waals surface area contributed by atoms with Crippen molar-refractivity contribution in [3.8, 4) is 9.85 Å². The van der Waals surface area contributed by atoms with Gasteiger partial charge in [0.2, 0.25) is 0 Å². The van der Waals surface area contributed by atoms with Gasteiger partial charge in [-0.05, 0) is 18.1 Å². The molecule has 1 heteroatoms. The van der Waals surface area contributed by atoms with Crippen molar-refractivity contribution in [1.82, 2.24) is 0 Å². The van der Waals surface area contributed by atoms with Crippen molar-refractivity contribution in [3.63, 3.8) is 0 Å². The molecule has 0 aliphatic heterocycles. The van der Waals surface area contributed by atoms with Crippen molar-refractivity contribution >= 4 is 0 Å². The highest BCUT2D eigenvalue weighted by molar-refractivity contribution is 5.31. The first-order valence-corrected chi connectivity index (χ1v) is 6.77. The van der Waals surface area contributed by atoms with E-state index < -0.39 is 0 Å². The molecule has 0 spiro atoms. The Balaban J connectivity index is 2.03. The summed E-state index contributed by atoms with van der Waals surface area (Å²) in [7, 11) is 0. The molecule has 0 N–H and O–H groups in total. The Hall–Kier alpha value is -1.27. The van der Waals surface area contributed by atoms with E-state index in [0.29, 0.717) is 0 Å². The number of benzene rings is 2. The van der Waals surface area contributed by atoms with Crippen LogP contribution in [0.25, 0.3) is 0 Å². The maximum atomic E-state index is 3.25. The molecule has 2 aromatic rings. The molecule has 72 valence electrons. The third kappa shape index (κ3) is 3.41. The fraction of sp³-hybridized carbons (Fsp3) is 0. The first-order valence-electron chi connectivity index (χ1n) is 4.62. The molecule has 0 heterocycles. The Morgan fingerprint density at radius 2 is 1.73 bits per heavy atom. The molecule has 0 fully saturated rings. The summed E-state index contributed by atoms with van der Waals surface area (Å²) in [5.41, 5.74) is 1.09. The average molecular weight is 304 g/mol. The molecular formula is C14H9I. The molecular weight excluding hydrogens is 295 g/mol. The highest BCUT2D eigenvalue weighted by Gasteiger charge is 1.99. The van der Waals surface area contributed by atoms with Crippen LogP contribution in [0.3, 0.4) is 0 Å². The van der Waals surface area contributed by atoms with E-state index in [1.165, 1.54) is 3.57 Å². The maximum Gasteiger partial charge on any atom is 0.391 e. The molecule has 0 unspecified atom stereocenters. The van der Waals surface area contributed by atoms with E-state index in [9.17, 15) is 0 Å². The van der Waals surface area contributed by atoms with E-state index in [2.05, 4.69) is 22.0 Å². The van der Waals surface area contributed by atoms with Gasteiger partial charge >= 0.3 is 21.2 Å². The highest BCUT2D eigenvalue weighted by atomic mass is 127. The van der Waals surface area contributed by atoms with Crippen LogP contribution in [0.5, 0.6) is 0 Å². The summed E-state index contributed by atoms with van der Waals surface area (Å²) in [6.45, 7) is 0. The second-order valence-electron chi connectivity index (χ2n) is 2.89. The highest BCUT2D eigenvalue weighted by Crippen LogP contribution is 1.93. The number of halogens is 1. The van der Waals surface area contributed by atoms with Gasteiger partial charge in [0.05, 0.1) is 3.57 Å². The van der Waals surface area contributed by atoms with Crippen LogP contribution in [0.4, 0.5) is 0 Å². The van der Waals surface area contributed by atoms with Crippen molar-refractivity contribution in [2.75, 3.05) is 0 Å². The summed E-state index contributed by atoms with van der Waals surface area (Å²) in [6.07, 6.45) is 0. The van der Waals surface area contributed by atoms with Crippen LogP contribution in [0.1, 0.15) is 5.56 Å². The predicted octanol–water partition coefficient (Wildman–Crippen LogP) is -0.245. The van der Waals surface area contributed by atoms with Gasteiger partial charge in [-0.2, -0.15) is 18.2 Å². The Labute approximate surface area is 101 Å². The van der Waals surface area contributed by atoms with Crippen molar-refractivity contribution in [1.29, 1.82) is 0 Å². The lowest BCUT2D eigenvalue weighted by Crippen LogP contribution is -3.59. The summed E-state index contributed by atoms with van der Waals surface area (Å²) in [4.78, 5) is 0. The molecule has 0 amide bonds. The van der Waals surface area contributed by atoms with Gasteiger partial charge in [0.1, 0.15) is 0 Å². The topological polar surface area (TPSA) is 0 Å². The van der Waals surface area contributed by atoms with Crippen LogP contribution in [0, 0.1) is 19.5 Å². The van der Waals surface area contributed by atoms with Crippen molar-refractivity contribution in [2.45, 2.75) is 0 Å². The van der Waals surface area contributed by atoms with Crippen LogP contribution in [0.15, 0.2) is 54.6 Å². The summed E-state index contributed by atoms with van der Waals surface area (Å²) in [5.74, 6) is 3.17. The fourth-order valence-corrected chi connectivity index (χ4v) is 2.54. The number of hydrogen-bond donors (Lipinski definition) is 0. The van der Waals surface area contributed by atoms with Gasteiger partial charge < -0.3 is 0 Å². The van der Waals surface area contributed by atoms with Gasteiger partial charge in [-0.25, -0.2) is 0 Å². The zero-order valence-electron chi connectivity index (χ0n) is 8.07. The molecule has 0 atom stereocenters. The Bertz CT molecular complexity index is 463. The summed E-state index contributed by atoms with van der Waals surface area (Å²) < 4.78 is 4.50. The first kappa shape index (κ1) is 10.3. The average Bonchev–Trinajstić information content (AvgIpc) is 2.32. The standard InChI is InChI=1S/C14H9I/c1-3-7-13(8-4-1)11-12-15-14-9-5-2-6-10-14/h1-9H. The summed E-state index contributed by atoms with van der Waals surface area (Å²) in [5, 5.41) is 0. The lowest BCUT2D eigenvalue weighted by atomic mass is 10.2. The van der Waals surface area contributed by atoms with Crippen LogP contribution in [-0.2, 0) is 0 Å². The van der Waals surface area contributed by atoms with Gasteiger partial charge in [-0.3, -0.25) is 0 Å². The van der Waals surface area contributed by atoms with E-state index in [1.54, 1.807) is 0 Å². The predicted molar refractivity (Wildman–Crippen MR) is 57.3 cm³/mol. The monoisotopic (exact) mass is 304 g/mol. The normalized spacial score (nSPS) is 9.07. The molecule has 2 aromatic carbocycles. The minimum absolute atomic E-state index is 0.216. The van der Waals surface area contributed by atoms with E-state index >= 15 is 0 Å². The minimum Gasteiger partial charge on any atom is -0.173 e. The second kappa shape index (κ2) is 5.57. The molecule has 0 aliphatic carbocycles. The van der Waals surface area contributed by atoms with Gasteiger partial charge in [0.25, 0.3) is 0 Å². The molecule has 0 saturated carbocycles. The molecule has 0 nitrogen and oxygen atoms in total. The largest absolute Gasteiger partial charge is 0.391 e. The Morgan fingerprint density at radius 1 is 0.933 bits per heavy atom.